The van der Waals surface area contributed by atoms with E-state index in [2.05, 4.69) is 300 Å². The van der Waals surface area contributed by atoms with Crippen LogP contribution in [0.5, 0.6) is 0 Å². The number of para-hydroxylation sites is 4. The maximum absolute atomic E-state index is 9.66. The van der Waals surface area contributed by atoms with Gasteiger partial charge in [-0.25, -0.2) is 4.98 Å². The van der Waals surface area contributed by atoms with Crippen molar-refractivity contribution in [1.82, 2.24) is 4.98 Å². The number of aromatic nitrogens is 1. The van der Waals surface area contributed by atoms with Crippen LogP contribution in [-0.2, 0) is 48.1 Å². The summed E-state index contributed by atoms with van der Waals surface area (Å²) >= 11 is 0. The number of benzene rings is 9. The quantitative estimate of drug-likeness (QED) is 0.141. The van der Waals surface area contributed by atoms with E-state index in [1.54, 1.807) is 0 Å². The number of rotatable bonds is 8. The molecule has 10 aromatic rings. The van der Waals surface area contributed by atoms with Gasteiger partial charge in [0.15, 0.2) is 0 Å². The Labute approximate surface area is 534 Å². The molecule has 0 aliphatic carbocycles. The fourth-order valence-corrected chi connectivity index (χ4v) is 11.7. The van der Waals surface area contributed by atoms with Gasteiger partial charge in [-0.15, -0.1) is 53.8 Å². The Morgan fingerprint density at radius 1 is 0.419 bits per heavy atom. The largest absolute Gasteiger partial charge is 0.493 e. The molecule has 0 spiro atoms. The number of anilines is 10. The van der Waals surface area contributed by atoms with Crippen LogP contribution < -0.4 is 19.6 Å². The second kappa shape index (κ2) is 22.4. The minimum absolute atomic E-state index is 0. The molecule has 0 amide bonds. The molecule has 5 nitrogen and oxygen atoms in total. The minimum atomic E-state index is -0.437. The standard InChI is InChI=1S/C80H80N5.Pt/c1-76(2,3)55-40-41-81-74(49-55)85-70-35-25-24-34-66(70)64-32-22-23-33-65(64)67-39-38-61(51-73(67)85)84(60-30-20-17-21-31-60)63-46-58(79(10,11)12)45-62(50-63)82-52-83(72-37-27-26-36-71(72)82)75-68(53-28-18-16-19-29-53)47-59(80(13,14)15)48-69(75)54-42-56(77(4,5)6)44-57(43-54)78(7,8)9;/h16-49,52H,1-15H3;/q-3;/i16D,18D,19D,28D,29D;. The molecule has 1 aromatic heterocycles. The molecule has 9 aromatic carbocycles. The van der Waals surface area contributed by atoms with Gasteiger partial charge < -0.3 is 19.6 Å². The predicted octanol–water partition coefficient (Wildman–Crippen LogP) is 22.5. The molecular weight excluding hydrogens is 1230 g/mol. The van der Waals surface area contributed by atoms with E-state index in [1.807, 2.05) is 18.3 Å². The van der Waals surface area contributed by atoms with Gasteiger partial charge in [-0.1, -0.05) is 248 Å². The van der Waals surface area contributed by atoms with Crippen molar-refractivity contribution in [2.45, 2.75) is 131 Å². The zero-order valence-corrected chi connectivity index (χ0v) is 54.6. The molecule has 0 radical (unpaired) electrons. The molecule has 6 heteroatoms. The average molecular weight is 1310 g/mol. The van der Waals surface area contributed by atoms with Gasteiger partial charge in [0.2, 0.25) is 0 Å². The molecule has 3 heterocycles. The van der Waals surface area contributed by atoms with E-state index < -0.39 is 11.5 Å². The summed E-state index contributed by atoms with van der Waals surface area (Å²) in [6.07, 6.45) is 1.92. The first kappa shape index (κ1) is 53.5. The summed E-state index contributed by atoms with van der Waals surface area (Å²) in [6.45, 7) is 35.5. The third-order valence-electron chi connectivity index (χ3n) is 16.7. The molecule has 0 bridgehead atoms. The van der Waals surface area contributed by atoms with Gasteiger partial charge in [-0.3, -0.25) is 0 Å². The van der Waals surface area contributed by atoms with E-state index in [1.165, 1.54) is 16.7 Å². The third-order valence-corrected chi connectivity index (χ3v) is 16.7. The SMILES string of the molecule is [2H]c1c([2H])c([2H])c(-c2cc(C(C)(C)C)cc(-c3cc(C(C)(C)C)cc(C(C)(C)C)c3)c2N2[CH-]N(c3[c-]c(N(c4[c-]c5c(cc4)-c4ccccc4-c4ccccc4N5c4cc(C(C)(C)C)ccn4)c4ccccc4)cc(C(C)(C)C)c3)c3ccccc32)c([2H])c1[2H].[Pt]. The molecule has 2 aliphatic rings. The molecular formula is C80H80N5Pt-3. The van der Waals surface area contributed by atoms with Crippen molar-refractivity contribution in [2.24, 2.45) is 0 Å². The van der Waals surface area contributed by atoms with Crippen LogP contribution in [0.3, 0.4) is 0 Å². The van der Waals surface area contributed by atoms with Crippen molar-refractivity contribution >= 4 is 57.0 Å². The Balaban J connectivity index is 0.00000850. The zero-order chi connectivity index (χ0) is 64.3. The molecule has 0 fully saturated rings. The van der Waals surface area contributed by atoms with Gasteiger partial charge in [0.1, 0.15) is 5.82 Å². The smallest absolute Gasteiger partial charge is 0.135 e. The van der Waals surface area contributed by atoms with Crippen molar-refractivity contribution in [1.29, 1.82) is 0 Å². The zero-order valence-electron chi connectivity index (χ0n) is 57.4. The third kappa shape index (κ3) is 11.4. The normalized spacial score (nSPS) is 14.1. The van der Waals surface area contributed by atoms with E-state index in [0.717, 1.165) is 95.8 Å². The molecule has 438 valence electrons. The Hall–Kier alpha value is -7.98. The van der Waals surface area contributed by atoms with Crippen LogP contribution >= 0.6 is 0 Å². The maximum atomic E-state index is 9.66. The Bertz CT molecular complexity index is 4400. The molecule has 2 aliphatic heterocycles. The molecule has 86 heavy (non-hydrogen) atoms. The monoisotopic (exact) mass is 1310 g/mol. The predicted molar refractivity (Wildman–Crippen MR) is 362 cm³/mol. The van der Waals surface area contributed by atoms with Gasteiger partial charge in [-0.2, -0.15) is 6.07 Å². The fraction of sp³-hybridized carbons (Fsp3) is 0.250. The maximum Gasteiger partial charge on any atom is 0.135 e. The first-order valence-electron chi connectivity index (χ1n) is 32.3. The van der Waals surface area contributed by atoms with Crippen LogP contribution in [0.25, 0.3) is 44.5 Å². The first-order valence-corrected chi connectivity index (χ1v) is 29.8. The first-order chi connectivity index (χ1) is 42.4. The van der Waals surface area contributed by atoms with Crippen LogP contribution in [0.4, 0.5) is 57.0 Å². The topological polar surface area (TPSA) is 25.9 Å². The second-order valence-corrected chi connectivity index (χ2v) is 28.0. The summed E-state index contributed by atoms with van der Waals surface area (Å²) in [4.78, 5) is 14.1. The van der Waals surface area contributed by atoms with E-state index in [-0.39, 0.29) is 72.5 Å². The summed E-state index contributed by atoms with van der Waals surface area (Å²) in [5.41, 5.74) is 18.6. The average Bonchev–Trinajstić information content (AvgIpc) is 1.70. The van der Waals surface area contributed by atoms with E-state index in [0.29, 0.717) is 11.3 Å². The Morgan fingerprint density at radius 2 is 0.930 bits per heavy atom. The van der Waals surface area contributed by atoms with E-state index in [4.69, 9.17) is 9.10 Å². The summed E-state index contributed by atoms with van der Waals surface area (Å²) in [6, 6.07) is 66.8. The summed E-state index contributed by atoms with van der Waals surface area (Å²) in [5.74, 6) is 0.794. The van der Waals surface area contributed by atoms with Crippen LogP contribution in [-0.4, -0.2) is 4.98 Å². The van der Waals surface area contributed by atoms with Gasteiger partial charge in [0.25, 0.3) is 0 Å². The number of nitrogens with zero attached hydrogens (tertiary/aromatic N) is 5. The van der Waals surface area contributed by atoms with Crippen molar-refractivity contribution in [3.05, 3.63) is 253 Å². The number of hydrogen-bond donors (Lipinski definition) is 0. The van der Waals surface area contributed by atoms with E-state index in [9.17, 15) is 2.74 Å². The van der Waals surface area contributed by atoms with Crippen molar-refractivity contribution in [2.75, 3.05) is 19.6 Å². The molecule has 0 N–H and O–H groups in total. The van der Waals surface area contributed by atoms with E-state index >= 15 is 0 Å². The van der Waals surface area contributed by atoms with Crippen LogP contribution in [0, 0.1) is 18.8 Å². The van der Waals surface area contributed by atoms with Gasteiger partial charge >= 0.3 is 0 Å². The summed E-state index contributed by atoms with van der Waals surface area (Å²) in [7, 11) is 0. The number of hydrogen-bond acceptors (Lipinski definition) is 5. The molecule has 0 atom stereocenters. The second-order valence-electron chi connectivity index (χ2n) is 28.0. The summed E-state index contributed by atoms with van der Waals surface area (Å²) < 4.78 is 46.3. The number of fused-ring (bicyclic) bond motifs is 6. The van der Waals surface area contributed by atoms with Crippen molar-refractivity contribution in [3.8, 4) is 44.5 Å². The van der Waals surface area contributed by atoms with Gasteiger partial charge in [0.05, 0.1) is 12.5 Å². The summed E-state index contributed by atoms with van der Waals surface area (Å²) in [5, 5.41) is 0. The van der Waals surface area contributed by atoms with Gasteiger partial charge in [-0.05, 0) is 121 Å². The molecule has 12 rings (SSSR count). The van der Waals surface area contributed by atoms with Crippen LogP contribution in [0.1, 0.15) is 139 Å². The number of pyridine rings is 1. The minimum Gasteiger partial charge on any atom is -0.493 e. The fourth-order valence-electron chi connectivity index (χ4n) is 11.7. The molecule has 0 unspecified atom stereocenters. The van der Waals surface area contributed by atoms with Crippen LogP contribution in [0.2, 0.25) is 0 Å². The Morgan fingerprint density at radius 3 is 1.53 bits per heavy atom. The van der Waals surface area contributed by atoms with Gasteiger partial charge in [0, 0.05) is 66.7 Å². The van der Waals surface area contributed by atoms with Crippen molar-refractivity contribution in [3.63, 3.8) is 0 Å². The Kier molecular flexibility index (Phi) is 13.9. The molecule has 0 saturated carbocycles. The van der Waals surface area contributed by atoms with Crippen molar-refractivity contribution < 1.29 is 27.9 Å². The molecule has 0 saturated heterocycles. The van der Waals surface area contributed by atoms with Crippen LogP contribution in [0.15, 0.2) is 206 Å².